The van der Waals surface area contributed by atoms with Crippen molar-refractivity contribution in [1.29, 1.82) is 0 Å². The third-order valence-corrected chi connectivity index (χ3v) is 3.47. The summed E-state index contributed by atoms with van der Waals surface area (Å²) in [4.78, 5) is 0. The lowest BCUT2D eigenvalue weighted by Crippen LogP contribution is -3.00. The van der Waals surface area contributed by atoms with Crippen molar-refractivity contribution < 1.29 is 63.3 Å². The van der Waals surface area contributed by atoms with Gasteiger partial charge < -0.3 is 45.8 Å². The lowest BCUT2D eigenvalue weighted by molar-refractivity contribution is -0.255. The number of hydrogen-bond acceptors (Lipinski definition) is 2. The second-order valence-electron chi connectivity index (χ2n) is 5.41. The van der Waals surface area contributed by atoms with Crippen molar-refractivity contribution in [3.05, 3.63) is 71.8 Å². The maximum absolute atomic E-state index is 14.2. The number of rotatable bonds is 4. The lowest BCUT2D eigenvalue weighted by atomic mass is 10.2. The fraction of sp³-hybridized carbons (Fsp3) is 0. The van der Waals surface area contributed by atoms with Crippen LogP contribution in [0.15, 0.2) is 48.5 Å². The fourth-order valence-electron chi connectivity index (χ4n) is 2.12. The molecule has 0 heterocycles. The highest BCUT2D eigenvalue weighted by molar-refractivity contribution is 5.44. The quantitative estimate of drug-likeness (QED) is 0.353. The van der Waals surface area contributed by atoms with Gasteiger partial charge in [-0.3, -0.25) is 0 Å². The molecule has 0 unspecified atom stereocenters. The summed E-state index contributed by atoms with van der Waals surface area (Å²) in [5.74, 6) is -9.22. The molecule has 0 saturated carbocycles. The molecule has 0 bridgehead atoms. The van der Waals surface area contributed by atoms with Crippen LogP contribution in [0.3, 0.4) is 0 Å². The Hall–Kier alpha value is -2.52. The second kappa shape index (κ2) is 9.61. The highest BCUT2D eigenvalue weighted by Crippen LogP contribution is 2.38. The molecule has 0 aliphatic carbocycles. The van der Waals surface area contributed by atoms with Crippen molar-refractivity contribution in [3.8, 4) is 23.0 Å². The zero-order valence-corrected chi connectivity index (χ0v) is 15.6. The molecule has 0 saturated heterocycles. The number of halogens is 6. The van der Waals surface area contributed by atoms with Crippen molar-refractivity contribution in [2.24, 2.45) is 0 Å². The van der Waals surface area contributed by atoms with Crippen LogP contribution in [0.25, 0.3) is 0 Å². The van der Waals surface area contributed by atoms with Crippen molar-refractivity contribution in [1.82, 2.24) is 0 Å². The molecular weight excluding hydrogens is 423 g/mol. The minimum atomic E-state index is -1.70. The Morgan fingerprint density at radius 2 is 0.750 bits per heavy atom. The third-order valence-electron chi connectivity index (χ3n) is 3.47. The molecule has 0 spiro atoms. The van der Waals surface area contributed by atoms with Crippen LogP contribution in [-0.2, 0) is 0 Å². The van der Waals surface area contributed by atoms with Crippen LogP contribution in [0.5, 0.6) is 23.0 Å². The molecule has 3 aromatic rings. The Kier molecular flexibility index (Phi) is 8.07. The van der Waals surface area contributed by atoms with E-state index in [-0.39, 0.29) is 36.3 Å². The van der Waals surface area contributed by atoms with Gasteiger partial charge in [0.05, 0.1) is 0 Å². The monoisotopic (exact) mass is 436 g/mol. The van der Waals surface area contributed by atoms with Crippen LogP contribution in [0, 0.1) is 23.3 Å². The SMILES string of the molecule is [Cl-].[Cl-].[NH3+]c1ccc(Oc2c(F)c(F)c(Oc3ccc([NH3+])cc3)c(F)c2F)cc1. The highest BCUT2D eigenvalue weighted by Gasteiger charge is 2.29. The van der Waals surface area contributed by atoms with Gasteiger partial charge in [-0.25, -0.2) is 0 Å². The number of benzene rings is 3. The summed E-state index contributed by atoms with van der Waals surface area (Å²) >= 11 is 0. The van der Waals surface area contributed by atoms with Crippen molar-refractivity contribution in [2.75, 3.05) is 0 Å². The Balaban J connectivity index is 0.00000196. The standard InChI is InChI=1S/C18H12F4N2O2.2ClH/c19-13-15(21)18(26-12-7-3-10(24)4-8-12)16(22)14(20)17(13)25-11-5-1-9(23)2-6-11;;/h1-8H,23-24H2;2*1H. The Labute approximate surface area is 169 Å². The van der Waals surface area contributed by atoms with Gasteiger partial charge in [0.25, 0.3) is 0 Å². The van der Waals surface area contributed by atoms with Crippen LogP contribution < -0.4 is 45.8 Å². The summed E-state index contributed by atoms with van der Waals surface area (Å²) in [6, 6.07) is 11.5. The van der Waals surface area contributed by atoms with Crippen LogP contribution >= 0.6 is 0 Å². The maximum Gasteiger partial charge on any atom is 0.208 e. The van der Waals surface area contributed by atoms with Crippen molar-refractivity contribution in [3.63, 3.8) is 0 Å². The van der Waals surface area contributed by atoms with E-state index in [1.807, 2.05) is 0 Å². The normalized spacial score (nSPS) is 9.93. The molecular formula is C18H14Cl2F4N2O2. The Morgan fingerprint density at radius 1 is 0.500 bits per heavy atom. The highest BCUT2D eigenvalue weighted by atomic mass is 35.5. The third kappa shape index (κ3) is 4.85. The molecule has 3 rings (SSSR count). The average molecular weight is 437 g/mol. The molecule has 0 aliphatic rings. The molecule has 0 radical (unpaired) electrons. The predicted molar refractivity (Wildman–Crippen MR) is 84.4 cm³/mol. The molecule has 4 nitrogen and oxygen atoms in total. The van der Waals surface area contributed by atoms with Gasteiger partial charge in [0, 0.05) is 24.3 Å². The average Bonchev–Trinajstić information content (AvgIpc) is 2.64. The zero-order valence-electron chi connectivity index (χ0n) is 14.1. The van der Waals surface area contributed by atoms with E-state index in [0.717, 1.165) is 0 Å². The first kappa shape index (κ1) is 23.5. The Morgan fingerprint density at radius 3 is 1.00 bits per heavy atom. The number of hydrogen-bond donors (Lipinski definition) is 2. The van der Waals surface area contributed by atoms with Crippen molar-refractivity contribution in [2.45, 2.75) is 0 Å². The van der Waals surface area contributed by atoms with Crippen molar-refractivity contribution >= 4 is 11.4 Å². The lowest BCUT2D eigenvalue weighted by Gasteiger charge is -2.13. The first-order valence-corrected chi connectivity index (χ1v) is 7.42. The molecule has 28 heavy (non-hydrogen) atoms. The Bertz CT molecular complexity index is 848. The molecule has 0 fully saturated rings. The van der Waals surface area contributed by atoms with Gasteiger partial charge in [0.2, 0.25) is 34.8 Å². The summed E-state index contributed by atoms with van der Waals surface area (Å²) in [5.41, 5.74) is 8.55. The van der Waals surface area contributed by atoms with Gasteiger partial charge in [-0.05, 0) is 24.3 Å². The number of quaternary nitrogens is 2. The first-order chi connectivity index (χ1) is 12.4. The molecule has 6 N–H and O–H groups in total. The van der Waals surface area contributed by atoms with Gasteiger partial charge in [0.15, 0.2) is 0 Å². The minimum absolute atomic E-state index is 0. The number of ether oxygens (including phenoxy) is 2. The van der Waals surface area contributed by atoms with Crippen LogP contribution in [0.1, 0.15) is 0 Å². The van der Waals surface area contributed by atoms with Crippen LogP contribution in [0.2, 0.25) is 0 Å². The van der Waals surface area contributed by atoms with Gasteiger partial charge in [0.1, 0.15) is 22.9 Å². The predicted octanol–water partition coefficient (Wildman–Crippen LogP) is -2.42. The van der Waals surface area contributed by atoms with E-state index >= 15 is 0 Å². The molecule has 0 amide bonds. The smallest absolute Gasteiger partial charge is 0.208 e. The second-order valence-corrected chi connectivity index (χ2v) is 5.41. The van der Waals surface area contributed by atoms with E-state index in [4.69, 9.17) is 9.47 Å². The molecule has 150 valence electrons. The molecule has 0 aliphatic heterocycles. The summed E-state index contributed by atoms with van der Waals surface area (Å²) in [6.07, 6.45) is 0. The molecule has 0 atom stereocenters. The van der Waals surface area contributed by atoms with E-state index in [2.05, 4.69) is 11.5 Å². The van der Waals surface area contributed by atoms with Crippen LogP contribution in [-0.4, -0.2) is 0 Å². The van der Waals surface area contributed by atoms with E-state index in [9.17, 15) is 17.6 Å². The van der Waals surface area contributed by atoms with E-state index < -0.39 is 34.8 Å². The summed E-state index contributed by atoms with van der Waals surface area (Å²) in [7, 11) is 0. The summed E-state index contributed by atoms with van der Waals surface area (Å²) < 4.78 is 66.8. The zero-order chi connectivity index (χ0) is 18.8. The topological polar surface area (TPSA) is 73.7 Å². The van der Waals surface area contributed by atoms with Gasteiger partial charge in [-0.15, -0.1) is 0 Å². The maximum atomic E-state index is 14.2. The summed E-state index contributed by atoms with van der Waals surface area (Å²) in [5, 5.41) is 0. The van der Waals surface area contributed by atoms with E-state index in [1.54, 1.807) is 0 Å². The van der Waals surface area contributed by atoms with Gasteiger partial charge in [-0.2, -0.15) is 17.6 Å². The fourth-order valence-corrected chi connectivity index (χ4v) is 2.12. The van der Waals surface area contributed by atoms with E-state index in [0.29, 0.717) is 11.4 Å². The molecule has 10 heteroatoms. The first-order valence-electron chi connectivity index (χ1n) is 7.42. The molecule has 3 aromatic carbocycles. The minimum Gasteiger partial charge on any atom is -1.00 e. The van der Waals surface area contributed by atoms with Gasteiger partial charge in [-0.1, -0.05) is 0 Å². The van der Waals surface area contributed by atoms with Crippen LogP contribution in [0.4, 0.5) is 28.9 Å². The van der Waals surface area contributed by atoms with E-state index in [1.165, 1.54) is 48.5 Å². The van der Waals surface area contributed by atoms with Gasteiger partial charge >= 0.3 is 0 Å². The molecule has 0 aromatic heterocycles. The largest absolute Gasteiger partial charge is 1.00 e. The summed E-state index contributed by atoms with van der Waals surface area (Å²) in [6.45, 7) is 0.